The van der Waals surface area contributed by atoms with Gasteiger partial charge in [0.25, 0.3) is 0 Å². The molecule has 1 saturated carbocycles. The first-order valence-electron chi connectivity index (χ1n) is 12.1. The third-order valence-corrected chi connectivity index (χ3v) is 7.21. The Kier molecular flexibility index (Phi) is 6.42. The predicted molar refractivity (Wildman–Crippen MR) is 124 cm³/mol. The van der Waals surface area contributed by atoms with E-state index in [4.69, 9.17) is 9.73 Å². The lowest BCUT2D eigenvalue weighted by Gasteiger charge is -2.33. The van der Waals surface area contributed by atoms with E-state index in [0.29, 0.717) is 43.3 Å². The Morgan fingerprint density at radius 1 is 1.12 bits per heavy atom. The molecule has 0 bridgehead atoms. The van der Waals surface area contributed by atoms with Crippen LogP contribution in [0, 0.1) is 29.3 Å². The lowest BCUT2D eigenvalue weighted by molar-refractivity contribution is 0.169. The number of hydrogen-bond donors (Lipinski definition) is 3. The second-order valence-electron chi connectivity index (χ2n) is 9.80. The molecule has 3 fully saturated rings. The van der Waals surface area contributed by atoms with Gasteiger partial charge in [-0.3, -0.25) is 0 Å². The van der Waals surface area contributed by atoms with Crippen molar-refractivity contribution in [2.45, 2.75) is 64.2 Å². The molecule has 3 aliphatic heterocycles. The Labute approximate surface area is 197 Å². The molecule has 0 spiro atoms. The van der Waals surface area contributed by atoms with Crippen LogP contribution in [-0.4, -0.2) is 48.3 Å². The number of fused-ring (bicyclic) bond motifs is 1. The van der Waals surface area contributed by atoms with E-state index in [9.17, 15) is 13.2 Å². The Bertz CT molecular complexity index is 989. The van der Waals surface area contributed by atoms with Crippen molar-refractivity contribution >= 4 is 17.6 Å². The summed E-state index contributed by atoms with van der Waals surface area (Å²) in [5.41, 5.74) is 0.187. The van der Waals surface area contributed by atoms with Gasteiger partial charge in [0.2, 0.25) is 5.96 Å². The fraction of sp³-hybridized carbons (Fsp3) is 0.583. The first-order chi connectivity index (χ1) is 16.4. The van der Waals surface area contributed by atoms with Gasteiger partial charge in [-0.25, -0.2) is 23.2 Å². The van der Waals surface area contributed by atoms with Crippen LogP contribution in [0.2, 0.25) is 0 Å². The molecule has 1 aliphatic carbocycles. The molecule has 2 atom stereocenters. The molecule has 184 valence electrons. The molecule has 0 amide bonds. The van der Waals surface area contributed by atoms with E-state index in [2.05, 4.69) is 34.8 Å². The minimum Gasteiger partial charge on any atom is -0.379 e. The van der Waals surface area contributed by atoms with Gasteiger partial charge < -0.3 is 25.6 Å². The van der Waals surface area contributed by atoms with Crippen molar-refractivity contribution in [1.29, 1.82) is 0 Å². The summed E-state index contributed by atoms with van der Waals surface area (Å²) in [5.74, 6) is -0.681. The zero-order chi connectivity index (χ0) is 23.8. The Morgan fingerprint density at radius 3 is 2.50 bits per heavy atom. The summed E-state index contributed by atoms with van der Waals surface area (Å²) in [6, 6.07) is 1.55. The van der Waals surface area contributed by atoms with Crippen LogP contribution in [0.25, 0.3) is 0 Å². The standard InChI is InChI=1S/C24H31F3N6O/c1-13(2)14-3-5-16(6-4-14)29-23-28-11-20-22(32-23)33(17-7-8-34-12-17)24(30-20)31-21-18(26)9-15(25)10-19(21)27/h9-11,13-14,16-17,22H,3-8,12H2,1-2H3,(H,30,31)(H2,28,29,32). The van der Waals surface area contributed by atoms with Crippen LogP contribution < -0.4 is 16.0 Å². The van der Waals surface area contributed by atoms with Crippen molar-refractivity contribution < 1.29 is 17.9 Å². The number of nitrogens with zero attached hydrogens (tertiary/aromatic N) is 3. The van der Waals surface area contributed by atoms with Gasteiger partial charge in [-0.05, 0) is 43.9 Å². The van der Waals surface area contributed by atoms with E-state index in [1.54, 1.807) is 0 Å². The molecule has 10 heteroatoms. The molecule has 1 aromatic carbocycles. The van der Waals surface area contributed by atoms with Crippen molar-refractivity contribution in [3.63, 3.8) is 0 Å². The van der Waals surface area contributed by atoms with Crippen LogP contribution in [0.1, 0.15) is 46.0 Å². The molecule has 0 radical (unpaired) electrons. The summed E-state index contributed by atoms with van der Waals surface area (Å²) in [4.78, 5) is 11.0. The fourth-order valence-corrected chi connectivity index (χ4v) is 5.22. The van der Waals surface area contributed by atoms with Gasteiger partial charge in [-0.1, -0.05) is 13.8 Å². The second kappa shape index (κ2) is 9.48. The number of guanidine groups is 2. The van der Waals surface area contributed by atoms with Crippen molar-refractivity contribution in [2.24, 2.45) is 21.8 Å². The maximum Gasteiger partial charge on any atom is 0.206 e. The zero-order valence-corrected chi connectivity index (χ0v) is 19.5. The van der Waals surface area contributed by atoms with E-state index in [-0.39, 0.29) is 12.0 Å². The first-order valence-corrected chi connectivity index (χ1v) is 12.1. The third kappa shape index (κ3) is 4.60. The molecule has 3 heterocycles. The molecule has 3 N–H and O–H groups in total. The summed E-state index contributed by atoms with van der Waals surface area (Å²) in [6.45, 7) is 5.62. The van der Waals surface area contributed by atoms with Crippen LogP contribution in [-0.2, 0) is 4.74 Å². The quantitative estimate of drug-likeness (QED) is 0.618. The van der Waals surface area contributed by atoms with Crippen LogP contribution in [0.5, 0.6) is 0 Å². The Balaban J connectivity index is 1.38. The lowest BCUT2D eigenvalue weighted by Crippen LogP contribution is -2.49. The number of rotatable bonds is 4. The molecule has 2 unspecified atom stereocenters. The minimum absolute atomic E-state index is 0.0571. The van der Waals surface area contributed by atoms with Gasteiger partial charge in [0.15, 0.2) is 23.8 Å². The Morgan fingerprint density at radius 2 is 1.85 bits per heavy atom. The average molecular weight is 477 g/mol. The minimum atomic E-state index is -1.06. The molecule has 34 heavy (non-hydrogen) atoms. The molecule has 0 aromatic heterocycles. The number of aliphatic imine (C=N–C) groups is 2. The number of ether oxygens (including phenoxy) is 1. The summed E-state index contributed by atoms with van der Waals surface area (Å²) >= 11 is 0. The maximum absolute atomic E-state index is 14.3. The first kappa shape index (κ1) is 23.0. The molecule has 7 nitrogen and oxygen atoms in total. The van der Waals surface area contributed by atoms with E-state index in [0.717, 1.165) is 30.9 Å². The molecule has 5 rings (SSSR count). The van der Waals surface area contributed by atoms with Crippen LogP contribution in [0.15, 0.2) is 34.0 Å². The largest absolute Gasteiger partial charge is 0.379 e. The smallest absolute Gasteiger partial charge is 0.206 e. The average Bonchev–Trinajstić information content (AvgIpc) is 3.43. The van der Waals surface area contributed by atoms with Crippen LogP contribution in [0.4, 0.5) is 18.9 Å². The van der Waals surface area contributed by atoms with Gasteiger partial charge in [0.1, 0.15) is 11.5 Å². The highest BCUT2D eigenvalue weighted by atomic mass is 19.1. The molecular weight excluding hydrogens is 445 g/mol. The highest BCUT2D eigenvalue weighted by molar-refractivity contribution is 5.91. The van der Waals surface area contributed by atoms with E-state index < -0.39 is 29.3 Å². The van der Waals surface area contributed by atoms with Gasteiger partial charge in [0, 0.05) is 31.0 Å². The van der Waals surface area contributed by atoms with Crippen LogP contribution >= 0.6 is 0 Å². The number of benzene rings is 1. The van der Waals surface area contributed by atoms with Gasteiger partial charge >= 0.3 is 0 Å². The van der Waals surface area contributed by atoms with E-state index in [1.165, 1.54) is 12.8 Å². The van der Waals surface area contributed by atoms with Crippen LogP contribution in [0.3, 0.4) is 0 Å². The summed E-state index contributed by atoms with van der Waals surface area (Å²) in [7, 11) is 0. The van der Waals surface area contributed by atoms with Crippen molar-refractivity contribution in [1.82, 2.24) is 20.9 Å². The maximum atomic E-state index is 14.3. The summed E-state index contributed by atoms with van der Waals surface area (Å²) < 4.78 is 47.6. The van der Waals surface area contributed by atoms with Gasteiger partial charge in [0.05, 0.1) is 18.3 Å². The van der Waals surface area contributed by atoms with Crippen molar-refractivity contribution in [2.75, 3.05) is 13.2 Å². The molecule has 4 aliphatic rings. The normalized spacial score (nSPS) is 30.1. The van der Waals surface area contributed by atoms with Crippen molar-refractivity contribution in [3.8, 4) is 0 Å². The zero-order valence-electron chi connectivity index (χ0n) is 19.5. The second-order valence-corrected chi connectivity index (χ2v) is 9.80. The van der Waals surface area contributed by atoms with Crippen molar-refractivity contribution in [3.05, 3.63) is 41.5 Å². The molecule has 2 saturated heterocycles. The highest BCUT2D eigenvalue weighted by Gasteiger charge is 2.42. The SMILES string of the molecule is CC(C)C1CCC(NC2=NC3C(=CN2)NC(=Nc2c(F)cc(F)cc2F)N3C2CCOC2)CC1. The fourth-order valence-electron chi connectivity index (χ4n) is 5.22. The highest BCUT2D eigenvalue weighted by Crippen LogP contribution is 2.32. The van der Waals surface area contributed by atoms with E-state index in [1.807, 2.05) is 11.1 Å². The molecular formula is C24H31F3N6O. The number of hydrogen-bond acceptors (Lipinski definition) is 5. The predicted octanol–water partition coefficient (Wildman–Crippen LogP) is 3.72. The lowest BCUT2D eigenvalue weighted by atomic mass is 9.80. The number of halogens is 3. The Hall–Kier alpha value is -2.75. The topological polar surface area (TPSA) is 73.3 Å². The van der Waals surface area contributed by atoms with E-state index >= 15 is 0 Å². The van der Waals surface area contributed by atoms with Gasteiger partial charge in [-0.15, -0.1) is 0 Å². The third-order valence-electron chi connectivity index (χ3n) is 7.21. The summed E-state index contributed by atoms with van der Waals surface area (Å²) in [5, 5.41) is 9.88. The molecule has 1 aromatic rings. The monoisotopic (exact) mass is 476 g/mol. The van der Waals surface area contributed by atoms with Gasteiger partial charge in [-0.2, -0.15) is 0 Å². The number of nitrogens with one attached hydrogen (secondary N) is 3. The summed E-state index contributed by atoms with van der Waals surface area (Å²) in [6.07, 6.45) is 6.72.